The van der Waals surface area contributed by atoms with Crippen molar-refractivity contribution in [3.63, 3.8) is 0 Å². The Labute approximate surface area is 139 Å². The monoisotopic (exact) mass is 338 g/mol. The summed E-state index contributed by atoms with van der Waals surface area (Å²) in [7, 11) is 1.93. The molecule has 2 aromatic rings. The Morgan fingerprint density at radius 3 is 2.58 bits per heavy atom. The Morgan fingerprint density at radius 1 is 1.17 bits per heavy atom. The van der Waals surface area contributed by atoms with Crippen molar-refractivity contribution in [2.75, 3.05) is 6.54 Å². The first kappa shape index (κ1) is 17.9. The first-order chi connectivity index (χ1) is 11.4. The van der Waals surface area contributed by atoms with Crippen LogP contribution in [0.1, 0.15) is 23.6 Å². The second-order valence-corrected chi connectivity index (χ2v) is 5.43. The van der Waals surface area contributed by atoms with Gasteiger partial charge in [-0.15, -0.1) is 0 Å². The van der Waals surface area contributed by atoms with Crippen LogP contribution in [0.25, 0.3) is 0 Å². The minimum atomic E-state index is -4.33. The lowest BCUT2D eigenvalue weighted by molar-refractivity contribution is -0.137. The lowest BCUT2D eigenvalue weighted by atomic mass is 10.1. The van der Waals surface area contributed by atoms with Crippen molar-refractivity contribution in [1.82, 2.24) is 15.2 Å². The lowest BCUT2D eigenvalue weighted by Gasteiger charge is -2.12. The fraction of sp³-hybridized carbons (Fsp3) is 0.353. The molecule has 0 aliphatic heterocycles. The number of aliphatic imine (C=N–C) groups is 1. The quantitative estimate of drug-likeness (QED) is 0.649. The lowest BCUT2D eigenvalue weighted by Crippen LogP contribution is -2.36. The third kappa shape index (κ3) is 5.33. The van der Waals surface area contributed by atoms with Gasteiger partial charge in [0.05, 0.1) is 12.1 Å². The number of benzene rings is 1. The van der Waals surface area contributed by atoms with Crippen LogP contribution in [0.3, 0.4) is 0 Å². The molecule has 1 aromatic carbocycles. The maximum atomic E-state index is 12.7. The third-order valence-corrected chi connectivity index (χ3v) is 3.37. The Balaban J connectivity index is 2.00. The van der Waals surface area contributed by atoms with Crippen molar-refractivity contribution in [2.24, 2.45) is 12.0 Å². The van der Waals surface area contributed by atoms with E-state index in [4.69, 9.17) is 0 Å². The normalized spacial score (nSPS) is 12.3. The van der Waals surface area contributed by atoms with Gasteiger partial charge in [-0.2, -0.15) is 13.2 Å². The molecule has 130 valence electrons. The van der Waals surface area contributed by atoms with E-state index in [1.807, 2.05) is 37.0 Å². The van der Waals surface area contributed by atoms with Crippen LogP contribution in [0.2, 0.25) is 0 Å². The van der Waals surface area contributed by atoms with E-state index in [0.717, 1.165) is 17.7 Å². The van der Waals surface area contributed by atoms with E-state index in [1.54, 1.807) is 6.07 Å². The van der Waals surface area contributed by atoms with E-state index in [9.17, 15) is 13.2 Å². The highest BCUT2D eigenvalue weighted by molar-refractivity contribution is 5.79. The Morgan fingerprint density at radius 2 is 1.96 bits per heavy atom. The van der Waals surface area contributed by atoms with E-state index < -0.39 is 11.7 Å². The summed E-state index contributed by atoms with van der Waals surface area (Å²) in [5.74, 6) is 0.568. The average Bonchev–Trinajstić information content (AvgIpc) is 2.95. The zero-order valence-corrected chi connectivity index (χ0v) is 13.7. The highest BCUT2D eigenvalue weighted by Crippen LogP contribution is 2.29. The molecule has 0 saturated heterocycles. The van der Waals surface area contributed by atoms with Gasteiger partial charge in [0, 0.05) is 32.5 Å². The van der Waals surface area contributed by atoms with Crippen molar-refractivity contribution < 1.29 is 13.2 Å². The molecule has 0 amide bonds. The van der Waals surface area contributed by atoms with Crippen molar-refractivity contribution >= 4 is 5.96 Å². The van der Waals surface area contributed by atoms with Crippen molar-refractivity contribution in [3.05, 3.63) is 59.4 Å². The van der Waals surface area contributed by atoms with E-state index in [1.165, 1.54) is 6.07 Å². The standard InChI is InChI=1S/C17H21F3N4/c1-3-21-16(23-11-14-7-8-24(2)12-14)22-10-13-5-4-6-15(9-13)17(18,19)20/h4-9,12H,3,10-11H2,1-2H3,(H2,21,22,23). The molecule has 0 radical (unpaired) electrons. The predicted molar refractivity (Wildman–Crippen MR) is 88.5 cm³/mol. The van der Waals surface area contributed by atoms with Crippen molar-refractivity contribution in [3.8, 4) is 0 Å². The van der Waals surface area contributed by atoms with Crippen LogP contribution in [0, 0.1) is 0 Å². The molecular formula is C17H21F3N4. The van der Waals surface area contributed by atoms with E-state index in [0.29, 0.717) is 24.6 Å². The first-order valence-corrected chi connectivity index (χ1v) is 7.67. The molecule has 1 heterocycles. The predicted octanol–water partition coefficient (Wildman–Crippen LogP) is 3.30. The van der Waals surface area contributed by atoms with Gasteiger partial charge in [0.25, 0.3) is 0 Å². The zero-order valence-electron chi connectivity index (χ0n) is 13.7. The molecule has 4 nitrogen and oxygen atoms in total. The van der Waals surface area contributed by atoms with Gasteiger partial charge in [-0.1, -0.05) is 12.1 Å². The van der Waals surface area contributed by atoms with Crippen LogP contribution in [-0.2, 0) is 26.3 Å². The van der Waals surface area contributed by atoms with Crippen molar-refractivity contribution in [2.45, 2.75) is 26.2 Å². The smallest absolute Gasteiger partial charge is 0.357 e. The number of halogens is 3. The summed E-state index contributed by atoms with van der Waals surface area (Å²) < 4.78 is 40.2. The Hall–Kier alpha value is -2.44. The van der Waals surface area contributed by atoms with E-state index in [2.05, 4.69) is 15.6 Å². The minimum absolute atomic E-state index is 0.268. The number of nitrogens with zero attached hydrogens (tertiary/aromatic N) is 2. The van der Waals surface area contributed by atoms with Crippen LogP contribution in [0.4, 0.5) is 13.2 Å². The molecule has 0 atom stereocenters. The summed E-state index contributed by atoms with van der Waals surface area (Å²) in [4.78, 5) is 4.44. The van der Waals surface area contributed by atoms with Gasteiger partial charge in [-0.25, -0.2) is 4.99 Å². The molecule has 2 rings (SSSR count). The zero-order chi connectivity index (χ0) is 17.6. The Kier molecular flexibility index (Phi) is 5.89. The van der Waals surface area contributed by atoms with Gasteiger partial charge in [0.1, 0.15) is 0 Å². The molecule has 7 heteroatoms. The average molecular weight is 338 g/mol. The Bertz CT molecular complexity index is 689. The van der Waals surface area contributed by atoms with Crippen LogP contribution in [0.5, 0.6) is 0 Å². The molecule has 0 spiro atoms. The summed E-state index contributed by atoms with van der Waals surface area (Å²) in [5.41, 5.74) is 0.969. The molecule has 0 fully saturated rings. The largest absolute Gasteiger partial charge is 0.416 e. The summed E-state index contributed by atoms with van der Waals surface area (Å²) in [6, 6.07) is 7.25. The summed E-state index contributed by atoms with van der Waals surface area (Å²) >= 11 is 0. The second kappa shape index (κ2) is 7.90. The maximum Gasteiger partial charge on any atom is 0.416 e. The number of aryl methyl sites for hydroxylation is 1. The fourth-order valence-corrected chi connectivity index (χ4v) is 2.21. The van der Waals surface area contributed by atoms with Gasteiger partial charge < -0.3 is 15.2 Å². The van der Waals surface area contributed by atoms with Gasteiger partial charge in [0.2, 0.25) is 0 Å². The van der Waals surface area contributed by atoms with Crippen LogP contribution in [-0.4, -0.2) is 17.1 Å². The summed E-state index contributed by atoms with van der Waals surface area (Å²) in [6.45, 7) is 3.37. The number of aromatic nitrogens is 1. The number of alkyl halides is 3. The van der Waals surface area contributed by atoms with Crippen LogP contribution < -0.4 is 10.6 Å². The van der Waals surface area contributed by atoms with E-state index >= 15 is 0 Å². The first-order valence-electron chi connectivity index (χ1n) is 7.67. The van der Waals surface area contributed by atoms with Crippen molar-refractivity contribution in [1.29, 1.82) is 0 Å². The molecule has 24 heavy (non-hydrogen) atoms. The maximum absolute atomic E-state index is 12.7. The van der Waals surface area contributed by atoms with Gasteiger partial charge in [0.15, 0.2) is 5.96 Å². The van der Waals surface area contributed by atoms with Gasteiger partial charge >= 0.3 is 6.18 Å². The van der Waals surface area contributed by atoms with Gasteiger partial charge in [-0.05, 0) is 36.2 Å². The number of hydrogen-bond acceptors (Lipinski definition) is 1. The number of hydrogen-bond donors (Lipinski definition) is 2. The molecule has 2 N–H and O–H groups in total. The molecule has 0 aliphatic carbocycles. The van der Waals surface area contributed by atoms with Crippen LogP contribution >= 0.6 is 0 Å². The molecular weight excluding hydrogens is 317 g/mol. The molecule has 0 unspecified atom stereocenters. The van der Waals surface area contributed by atoms with E-state index in [-0.39, 0.29) is 6.54 Å². The highest BCUT2D eigenvalue weighted by atomic mass is 19.4. The fourth-order valence-electron chi connectivity index (χ4n) is 2.21. The molecule has 0 aliphatic rings. The van der Waals surface area contributed by atoms with Gasteiger partial charge in [-0.3, -0.25) is 0 Å². The summed E-state index contributed by atoms with van der Waals surface area (Å²) in [5, 5.41) is 6.14. The number of guanidine groups is 1. The highest BCUT2D eigenvalue weighted by Gasteiger charge is 2.30. The molecule has 1 aromatic heterocycles. The minimum Gasteiger partial charge on any atom is -0.357 e. The second-order valence-electron chi connectivity index (χ2n) is 5.43. The molecule has 0 saturated carbocycles. The van der Waals surface area contributed by atoms with Crippen LogP contribution in [0.15, 0.2) is 47.7 Å². The summed E-state index contributed by atoms with van der Waals surface area (Å²) in [6.07, 6.45) is -0.421. The SMILES string of the molecule is CCNC(=NCc1ccn(C)c1)NCc1cccc(C(F)(F)F)c1. The number of nitrogens with one attached hydrogen (secondary N) is 2. The molecule has 0 bridgehead atoms. The topological polar surface area (TPSA) is 41.4 Å². The third-order valence-electron chi connectivity index (χ3n) is 3.37. The number of rotatable bonds is 5.